The number of hydrogen-bond donors (Lipinski definition) is 2. The maximum absolute atomic E-state index is 10.4. The summed E-state index contributed by atoms with van der Waals surface area (Å²) in [6, 6.07) is 0. The summed E-state index contributed by atoms with van der Waals surface area (Å²) in [5.41, 5.74) is 4.99. The van der Waals surface area contributed by atoms with Gasteiger partial charge < -0.3 is 15.8 Å². The number of amides is 1. The van der Waals surface area contributed by atoms with Gasteiger partial charge in [0.25, 0.3) is 0 Å². The second-order valence-electron chi connectivity index (χ2n) is 3.02. The summed E-state index contributed by atoms with van der Waals surface area (Å²) in [4.78, 5) is 10.4. The molecule has 0 saturated heterocycles. The van der Waals surface area contributed by atoms with Crippen LogP contribution < -0.4 is 11.1 Å². The van der Waals surface area contributed by atoms with E-state index in [1.165, 1.54) is 0 Å². The normalized spacial score (nSPS) is 10.2. The van der Waals surface area contributed by atoms with Crippen LogP contribution in [0.25, 0.3) is 0 Å². The van der Waals surface area contributed by atoms with Crippen molar-refractivity contribution >= 4 is 5.91 Å². The second-order valence-corrected chi connectivity index (χ2v) is 3.02. The van der Waals surface area contributed by atoms with Crippen LogP contribution in [0.4, 0.5) is 0 Å². The number of nitrogens with two attached hydrogens (primary N) is 1. The number of methoxy groups -OCH3 is 1. The van der Waals surface area contributed by atoms with Crippen molar-refractivity contribution in [3.8, 4) is 0 Å². The number of primary amides is 1. The first-order valence-corrected chi connectivity index (χ1v) is 4.75. The van der Waals surface area contributed by atoms with Crippen molar-refractivity contribution in [3.05, 3.63) is 0 Å². The van der Waals surface area contributed by atoms with Gasteiger partial charge in [-0.25, -0.2) is 0 Å². The van der Waals surface area contributed by atoms with Crippen LogP contribution in [0.3, 0.4) is 0 Å². The van der Waals surface area contributed by atoms with E-state index < -0.39 is 0 Å². The number of ether oxygens (including phenoxy) is 1. The summed E-state index contributed by atoms with van der Waals surface area (Å²) in [6.07, 6.45) is 3.51. The number of carbonyl (C=O) groups excluding carboxylic acids is 1. The van der Waals surface area contributed by atoms with E-state index in [0.717, 1.165) is 39.0 Å². The maximum atomic E-state index is 10.4. The van der Waals surface area contributed by atoms with Crippen LogP contribution in [-0.2, 0) is 9.53 Å². The quantitative estimate of drug-likeness (QED) is 0.510. The zero-order chi connectivity index (χ0) is 9.94. The second kappa shape index (κ2) is 9.48. The van der Waals surface area contributed by atoms with E-state index >= 15 is 0 Å². The molecule has 0 atom stereocenters. The highest BCUT2D eigenvalue weighted by Gasteiger charge is 1.93. The van der Waals surface area contributed by atoms with E-state index in [9.17, 15) is 4.79 Å². The van der Waals surface area contributed by atoms with Crippen molar-refractivity contribution in [2.45, 2.75) is 25.7 Å². The Morgan fingerprint density at radius 3 is 2.62 bits per heavy atom. The highest BCUT2D eigenvalue weighted by molar-refractivity contribution is 5.73. The first kappa shape index (κ1) is 12.4. The van der Waals surface area contributed by atoms with Crippen LogP contribution in [0.1, 0.15) is 25.7 Å². The van der Waals surface area contributed by atoms with Crippen molar-refractivity contribution in [3.63, 3.8) is 0 Å². The standard InChI is InChI=1S/C9H20N2O2/c1-13-8-3-2-6-11-7-4-5-9(10)12/h11H,2-8H2,1H3,(H2,10,12). The van der Waals surface area contributed by atoms with Gasteiger partial charge in [0, 0.05) is 20.1 Å². The molecule has 13 heavy (non-hydrogen) atoms. The van der Waals surface area contributed by atoms with E-state index in [2.05, 4.69) is 5.32 Å². The molecule has 78 valence electrons. The monoisotopic (exact) mass is 188 g/mol. The van der Waals surface area contributed by atoms with Crippen LogP contribution in [0.2, 0.25) is 0 Å². The van der Waals surface area contributed by atoms with Gasteiger partial charge in [-0.2, -0.15) is 0 Å². The van der Waals surface area contributed by atoms with E-state index in [1.54, 1.807) is 7.11 Å². The lowest BCUT2D eigenvalue weighted by Crippen LogP contribution is -2.19. The molecule has 4 nitrogen and oxygen atoms in total. The van der Waals surface area contributed by atoms with E-state index in [1.807, 2.05) is 0 Å². The molecule has 0 unspecified atom stereocenters. The minimum absolute atomic E-state index is 0.221. The number of hydrogen-bond acceptors (Lipinski definition) is 3. The van der Waals surface area contributed by atoms with Crippen LogP contribution in [-0.4, -0.2) is 32.7 Å². The molecule has 0 aliphatic heterocycles. The Balaban J connectivity index is 2.87. The lowest BCUT2D eigenvalue weighted by atomic mass is 10.3. The summed E-state index contributed by atoms with van der Waals surface area (Å²) in [5.74, 6) is -0.221. The maximum Gasteiger partial charge on any atom is 0.217 e. The van der Waals surface area contributed by atoms with Crippen molar-refractivity contribution in [1.29, 1.82) is 0 Å². The number of unbranched alkanes of at least 4 members (excludes halogenated alkanes) is 1. The Labute approximate surface area is 79.8 Å². The van der Waals surface area contributed by atoms with Crippen LogP contribution in [0, 0.1) is 0 Å². The molecule has 0 saturated carbocycles. The SMILES string of the molecule is COCCCCNCCCC(N)=O. The molecule has 1 amide bonds. The summed E-state index contributed by atoms with van der Waals surface area (Å²) < 4.78 is 4.91. The van der Waals surface area contributed by atoms with Gasteiger partial charge in [0.05, 0.1) is 0 Å². The predicted octanol–water partition coefficient (Wildman–Crippen LogP) is 0.268. The number of rotatable bonds is 9. The minimum atomic E-state index is -0.221. The van der Waals surface area contributed by atoms with Crippen molar-refractivity contribution in [2.24, 2.45) is 5.73 Å². The van der Waals surface area contributed by atoms with Gasteiger partial charge in [0.2, 0.25) is 5.91 Å². The fraction of sp³-hybridized carbons (Fsp3) is 0.889. The Kier molecular flexibility index (Phi) is 9.03. The van der Waals surface area contributed by atoms with Gasteiger partial charge >= 0.3 is 0 Å². The molecule has 0 spiro atoms. The van der Waals surface area contributed by atoms with Gasteiger partial charge in [-0.1, -0.05) is 0 Å². The molecule has 3 N–H and O–H groups in total. The highest BCUT2D eigenvalue weighted by atomic mass is 16.5. The molecule has 0 rings (SSSR count). The molecule has 0 heterocycles. The van der Waals surface area contributed by atoms with Crippen LogP contribution in [0.15, 0.2) is 0 Å². The molecule has 0 aliphatic rings. The number of carbonyl (C=O) groups is 1. The van der Waals surface area contributed by atoms with Gasteiger partial charge in [0.15, 0.2) is 0 Å². The molecule has 0 radical (unpaired) electrons. The van der Waals surface area contributed by atoms with E-state index in [4.69, 9.17) is 10.5 Å². The summed E-state index contributed by atoms with van der Waals surface area (Å²) >= 11 is 0. The fourth-order valence-corrected chi connectivity index (χ4v) is 1.01. The molecule has 0 aromatic rings. The fourth-order valence-electron chi connectivity index (χ4n) is 1.01. The van der Waals surface area contributed by atoms with Crippen LogP contribution in [0.5, 0.6) is 0 Å². The zero-order valence-electron chi connectivity index (χ0n) is 8.34. The molecule has 4 heteroatoms. The topological polar surface area (TPSA) is 64.3 Å². The van der Waals surface area contributed by atoms with E-state index in [0.29, 0.717) is 6.42 Å². The van der Waals surface area contributed by atoms with Gasteiger partial charge in [-0.05, 0) is 32.4 Å². The van der Waals surface area contributed by atoms with Gasteiger partial charge in [-0.3, -0.25) is 4.79 Å². The van der Waals surface area contributed by atoms with Crippen molar-refractivity contribution in [2.75, 3.05) is 26.8 Å². The highest BCUT2D eigenvalue weighted by Crippen LogP contribution is 1.88. The third-order valence-corrected chi connectivity index (χ3v) is 1.73. The smallest absolute Gasteiger partial charge is 0.217 e. The molecule has 0 aromatic carbocycles. The summed E-state index contributed by atoms with van der Waals surface area (Å²) in [6.45, 7) is 2.68. The predicted molar refractivity (Wildman–Crippen MR) is 52.4 cm³/mol. The molecule has 0 fully saturated rings. The molecular weight excluding hydrogens is 168 g/mol. The summed E-state index contributed by atoms with van der Waals surface area (Å²) in [5, 5.41) is 3.24. The zero-order valence-corrected chi connectivity index (χ0v) is 8.34. The van der Waals surface area contributed by atoms with Gasteiger partial charge in [-0.15, -0.1) is 0 Å². The molecule has 0 bridgehead atoms. The third kappa shape index (κ3) is 11.4. The first-order chi connectivity index (χ1) is 6.27. The van der Waals surface area contributed by atoms with Crippen LogP contribution >= 0.6 is 0 Å². The Bertz CT molecular complexity index is 129. The minimum Gasteiger partial charge on any atom is -0.385 e. The lowest BCUT2D eigenvalue weighted by molar-refractivity contribution is -0.118. The van der Waals surface area contributed by atoms with Crippen molar-refractivity contribution < 1.29 is 9.53 Å². The Hall–Kier alpha value is -0.610. The Morgan fingerprint density at radius 2 is 2.00 bits per heavy atom. The lowest BCUT2D eigenvalue weighted by Gasteiger charge is -2.02. The number of nitrogens with one attached hydrogen (secondary N) is 1. The van der Waals surface area contributed by atoms with Crippen molar-refractivity contribution in [1.82, 2.24) is 5.32 Å². The largest absolute Gasteiger partial charge is 0.385 e. The Morgan fingerprint density at radius 1 is 1.31 bits per heavy atom. The average Bonchev–Trinajstić information content (AvgIpc) is 2.09. The average molecular weight is 188 g/mol. The van der Waals surface area contributed by atoms with E-state index in [-0.39, 0.29) is 5.91 Å². The first-order valence-electron chi connectivity index (χ1n) is 4.75. The summed E-state index contributed by atoms with van der Waals surface area (Å²) in [7, 11) is 1.71. The molecule has 0 aromatic heterocycles. The molecule has 0 aliphatic carbocycles. The third-order valence-electron chi connectivity index (χ3n) is 1.73. The molecular formula is C9H20N2O2. The van der Waals surface area contributed by atoms with Gasteiger partial charge in [0.1, 0.15) is 0 Å².